The summed E-state index contributed by atoms with van der Waals surface area (Å²) in [7, 11) is 0. The number of hydrogen-bond acceptors (Lipinski definition) is 6. The minimum atomic E-state index is -0.475. The predicted molar refractivity (Wildman–Crippen MR) is 114 cm³/mol. The number of Topliss-reactive ketones (excluding diaryl/α,β-unsaturated/α-hetero) is 1. The molecule has 1 saturated heterocycles. The van der Waals surface area contributed by atoms with Gasteiger partial charge in [0.05, 0.1) is 14.7 Å². The van der Waals surface area contributed by atoms with Crippen molar-refractivity contribution in [2.75, 3.05) is 11.5 Å². The number of benzene rings is 2. The highest BCUT2D eigenvalue weighted by atomic mass is 32.2. The highest BCUT2D eigenvalue weighted by molar-refractivity contribution is 8.22. The second-order valence-corrected chi connectivity index (χ2v) is 8.42. The Hall–Kier alpha value is -2.64. The molecule has 0 saturated carbocycles. The molecule has 1 fully saturated rings. The van der Waals surface area contributed by atoms with Crippen LogP contribution in [-0.2, 0) is 4.79 Å². The quantitative estimate of drug-likeness (QED) is 0.164. The van der Waals surface area contributed by atoms with Crippen LogP contribution in [0.1, 0.15) is 22.3 Å². The van der Waals surface area contributed by atoms with Crippen LogP contribution in [0.3, 0.4) is 0 Å². The predicted octanol–water partition coefficient (Wildman–Crippen LogP) is 5.14. The number of allylic oxidation sites excluding steroid dienone is 2. The molecule has 1 heterocycles. The summed E-state index contributed by atoms with van der Waals surface area (Å²) in [5.74, 6) is 1.13. The number of carbonyl (C=O) groups excluding carboxylic acids is 2. The first kappa shape index (κ1) is 20.1. The zero-order valence-corrected chi connectivity index (χ0v) is 16.5. The van der Waals surface area contributed by atoms with Gasteiger partial charge < -0.3 is 0 Å². The maximum Gasteiger partial charge on any atom is 0.269 e. The van der Waals surface area contributed by atoms with Crippen molar-refractivity contribution in [3.8, 4) is 0 Å². The summed E-state index contributed by atoms with van der Waals surface area (Å²) in [6, 6.07) is 14.7. The fraction of sp³-hybridized carbons (Fsp3) is 0.143. The SMILES string of the molecule is O=C(C=Cc1ccc([N+](=O)[O-])cc1)C(C(=O)c1ccccc1)=C1SCCCS1. The van der Waals surface area contributed by atoms with Crippen molar-refractivity contribution >= 4 is 46.9 Å². The van der Waals surface area contributed by atoms with E-state index in [2.05, 4.69) is 0 Å². The number of thioether (sulfide) groups is 2. The van der Waals surface area contributed by atoms with Crippen LogP contribution in [0.15, 0.2) is 70.5 Å². The molecule has 0 radical (unpaired) electrons. The van der Waals surface area contributed by atoms with Gasteiger partial charge in [0.15, 0.2) is 11.6 Å². The largest absolute Gasteiger partial charge is 0.289 e. The van der Waals surface area contributed by atoms with Crippen LogP contribution in [0, 0.1) is 10.1 Å². The highest BCUT2D eigenvalue weighted by Crippen LogP contribution is 2.38. The van der Waals surface area contributed by atoms with E-state index in [0.717, 1.165) is 22.2 Å². The van der Waals surface area contributed by atoms with E-state index < -0.39 is 4.92 Å². The van der Waals surface area contributed by atoms with Crippen LogP contribution in [0.25, 0.3) is 6.08 Å². The van der Waals surface area contributed by atoms with Crippen molar-refractivity contribution in [1.29, 1.82) is 0 Å². The van der Waals surface area contributed by atoms with Crippen molar-refractivity contribution in [2.24, 2.45) is 0 Å². The molecule has 2 aromatic rings. The monoisotopic (exact) mass is 411 g/mol. The third-order valence-corrected chi connectivity index (χ3v) is 6.62. The summed E-state index contributed by atoms with van der Waals surface area (Å²) in [6.45, 7) is 0. The number of nitrogens with zero attached hydrogens (tertiary/aromatic N) is 1. The lowest BCUT2D eigenvalue weighted by Gasteiger charge is -2.16. The van der Waals surface area contributed by atoms with E-state index in [0.29, 0.717) is 11.1 Å². The molecule has 1 aliphatic heterocycles. The minimum Gasteiger partial charge on any atom is -0.289 e. The molecule has 0 unspecified atom stereocenters. The van der Waals surface area contributed by atoms with E-state index in [1.165, 1.54) is 18.2 Å². The van der Waals surface area contributed by atoms with E-state index >= 15 is 0 Å². The fourth-order valence-corrected chi connectivity index (χ4v) is 5.22. The van der Waals surface area contributed by atoms with Gasteiger partial charge in [-0.15, -0.1) is 23.5 Å². The van der Waals surface area contributed by atoms with Gasteiger partial charge in [0.2, 0.25) is 0 Å². The van der Waals surface area contributed by atoms with Gasteiger partial charge in [-0.1, -0.05) is 36.4 Å². The summed E-state index contributed by atoms with van der Waals surface area (Å²) >= 11 is 3.08. The second kappa shape index (κ2) is 9.52. The first-order valence-corrected chi connectivity index (χ1v) is 10.6. The zero-order valence-electron chi connectivity index (χ0n) is 14.9. The number of ketones is 2. The van der Waals surface area contributed by atoms with E-state index in [4.69, 9.17) is 0 Å². The zero-order chi connectivity index (χ0) is 19.9. The molecule has 0 spiro atoms. The molecule has 1 aliphatic rings. The van der Waals surface area contributed by atoms with Crippen LogP contribution in [-0.4, -0.2) is 28.0 Å². The van der Waals surface area contributed by atoms with Crippen molar-refractivity contribution in [1.82, 2.24) is 0 Å². The lowest BCUT2D eigenvalue weighted by molar-refractivity contribution is -0.384. The fourth-order valence-electron chi connectivity index (χ4n) is 2.58. The van der Waals surface area contributed by atoms with Crippen molar-refractivity contribution < 1.29 is 14.5 Å². The Morgan fingerprint density at radius 3 is 2.21 bits per heavy atom. The van der Waals surface area contributed by atoms with Gasteiger partial charge in [-0.25, -0.2) is 0 Å². The molecule has 142 valence electrons. The molecule has 28 heavy (non-hydrogen) atoms. The van der Waals surface area contributed by atoms with E-state index in [1.54, 1.807) is 66.0 Å². The van der Waals surface area contributed by atoms with Crippen molar-refractivity contribution in [2.45, 2.75) is 6.42 Å². The molecule has 3 rings (SSSR count). The third kappa shape index (κ3) is 4.99. The Morgan fingerprint density at radius 2 is 1.61 bits per heavy atom. The van der Waals surface area contributed by atoms with Gasteiger partial charge in [0.1, 0.15) is 0 Å². The Kier molecular flexibility index (Phi) is 6.84. The number of nitro groups is 1. The summed E-state index contributed by atoms with van der Waals surface area (Å²) in [5.41, 5.74) is 1.31. The van der Waals surface area contributed by atoms with Crippen LogP contribution >= 0.6 is 23.5 Å². The summed E-state index contributed by atoms with van der Waals surface area (Å²) in [6.07, 6.45) is 3.97. The van der Waals surface area contributed by atoms with E-state index in [-0.39, 0.29) is 22.8 Å². The van der Waals surface area contributed by atoms with Crippen molar-refractivity contribution in [3.63, 3.8) is 0 Å². The number of hydrogen-bond donors (Lipinski definition) is 0. The normalized spacial score (nSPS) is 14.1. The Bertz CT molecular complexity index is 942. The molecule has 7 heteroatoms. The van der Waals surface area contributed by atoms with Gasteiger partial charge in [-0.3, -0.25) is 19.7 Å². The summed E-state index contributed by atoms with van der Waals surface area (Å²) in [4.78, 5) is 36.2. The standard InChI is InChI=1S/C21H17NO4S2/c23-18(12-9-15-7-10-17(11-8-15)22(25)26)19(21-27-13-4-14-28-21)20(24)16-5-2-1-3-6-16/h1-3,5-12H,4,13-14H2. The molecule has 0 amide bonds. The van der Waals surface area contributed by atoms with Crippen LogP contribution < -0.4 is 0 Å². The number of carbonyl (C=O) groups is 2. The maximum absolute atomic E-state index is 13.0. The summed E-state index contributed by atoms with van der Waals surface area (Å²) < 4.78 is 0.762. The third-order valence-electron chi connectivity index (χ3n) is 4.00. The molecular formula is C21H17NO4S2. The van der Waals surface area contributed by atoms with Gasteiger partial charge in [-0.05, 0) is 41.7 Å². The molecule has 0 aliphatic carbocycles. The van der Waals surface area contributed by atoms with Crippen LogP contribution in [0.4, 0.5) is 5.69 Å². The number of nitro benzene ring substituents is 1. The van der Waals surface area contributed by atoms with Crippen LogP contribution in [0.2, 0.25) is 0 Å². The molecule has 0 N–H and O–H groups in total. The Labute approximate surface area is 171 Å². The molecule has 0 atom stereocenters. The number of non-ortho nitro benzene ring substituents is 1. The van der Waals surface area contributed by atoms with Crippen LogP contribution in [0.5, 0.6) is 0 Å². The maximum atomic E-state index is 13.0. The topological polar surface area (TPSA) is 77.3 Å². The average molecular weight is 412 g/mol. The average Bonchev–Trinajstić information content (AvgIpc) is 2.74. The highest BCUT2D eigenvalue weighted by Gasteiger charge is 2.24. The lowest BCUT2D eigenvalue weighted by Crippen LogP contribution is -2.14. The van der Waals surface area contributed by atoms with E-state index in [9.17, 15) is 19.7 Å². The lowest BCUT2D eigenvalue weighted by atomic mass is 10.0. The van der Waals surface area contributed by atoms with E-state index in [1.807, 2.05) is 6.07 Å². The molecular weight excluding hydrogens is 394 g/mol. The Balaban J connectivity index is 1.88. The van der Waals surface area contributed by atoms with Gasteiger partial charge in [-0.2, -0.15) is 0 Å². The first-order valence-electron chi connectivity index (χ1n) is 8.63. The minimum absolute atomic E-state index is 0.0134. The first-order chi connectivity index (χ1) is 13.6. The second-order valence-electron chi connectivity index (χ2n) is 5.95. The van der Waals surface area contributed by atoms with Crippen molar-refractivity contribution in [3.05, 3.63) is 91.7 Å². The number of rotatable bonds is 6. The Morgan fingerprint density at radius 1 is 0.964 bits per heavy atom. The molecule has 0 bridgehead atoms. The molecule has 5 nitrogen and oxygen atoms in total. The van der Waals surface area contributed by atoms with Gasteiger partial charge in [0, 0.05) is 17.7 Å². The summed E-state index contributed by atoms with van der Waals surface area (Å²) in [5, 5.41) is 10.7. The molecule has 2 aromatic carbocycles. The van der Waals surface area contributed by atoms with Gasteiger partial charge >= 0.3 is 0 Å². The molecule has 0 aromatic heterocycles. The smallest absolute Gasteiger partial charge is 0.269 e. The van der Waals surface area contributed by atoms with Gasteiger partial charge in [0.25, 0.3) is 5.69 Å².